The Morgan fingerprint density at radius 2 is 1.81 bits per heavy atom. The number of hydrogen-bond acceptors (Lipinski definition) is 5. The lowest BCUT2D eigenvalue weighted by Crippen LogP contribution is -2.31. The molecule has 6 heteroatoms. The number of aryl methyl sites for hydroxylation is 1. The molecular formula is C20H24N4OS. The molecule has 0 saturated carbocycles. The minimum Gasteiger partial charge on any atom is -0.396 e. The van der Waals surface area contributed by atoms with E-state index in [1.54, 1.807) is 0 Å². The molecule has 0 unspecified atom stereocenters. The molecule has 0 aliphatic carbocycles. The number of aliphatic hydroxyl groups excluding tert-OH is 1. The fraction of sp³-hybridized carbons (Fsp3) is 0.400. The highest BCUT2D eigenvalue weighted by molar-refractivity contribution is 7.71. The average Bonchev–Trinajstić information content (AvgIpc) is 2.93. The van der Waals surface area contributed by atoms with Crippen LogP contribution >= 0.6 is 12.2 Å². The van der Waals surface area contributed by atoms with Gasteiger partial charge in [-0.1, -0.05) is 24.4 Å². The van der Waals surface area contributed by atoms with Crippen LogP contribution in [0.3, 0.4) is 0 Å². The van der Waals surface area contributed by atoms with Gasteiger partial charge in [-0.05, 0) is 43.0 Å². The van der Waals surface area contributed by atoms with Gasteiger partial charge in [0.05, 0.1) is 5.69 Å². The van der Waals surface area contributed by atoms with Crippen LogP contribution in [0.1, 0.15) is 24.0 Å². The Kier molecular flexibility index (Phi) is 6.26. The lowest BCUT2D eigenvalue weighted by atomic mass is 10.1. The van der Waals surface area contributed by atoms with Crippen LogP contribution in [0.4, 0.5) is 11.4 Å². The number of aromatic nitrogens is 1. The summed E-state index contributed by atoms with van der Waals surface area (Å²) in [6.45, 7) is 3.91. The van der Waals surface area contributed by atoms with Crippen LogP contribution in [0.5, 0.6) is 0 Å². The summed E-state index contributed by atoms with van der Waals surface area (Å²) >= 11 is 5.25. The van der Waals surface area contributed by atoms with Crippen molar-refractivity contribution in [1.82, 2.24) is 4.98 Å². The summed E-state index contributed by atoms with van der Waals surface area (Å²) in [5.74, 6) is 0. The predicted molar refractivity (Wildman–Crippen MR) is 107 cm³/mol. The van der Waals surface area contributed by atoms with Gasteiger partial charge in [0.15, 0.2) is 0 Å². The predicted octanol–water partition coefficient (Wildman–Crippen LogP) is 3.26. The molecule has 0 radical (unpaired) electrons. The molecule has 1 saturated heterocycles. The van der Waals surface area contributed by atoms with Crippen molar-refractivity contribution in [2.75, 3.05) is 42.6 Å². The van der Waals surface area contributed by atoms with Crippen LogP contribution in [-0.4, -0.2) is 42.9 Å². The molecule has 0 bridgehead atoms. The third-order valence-electron chi connectivity index (χ3n) is 4.81. The Bertz CT molecular complexity index is 825. The van der Waals surface area contributed by atoms with Crippen molar-refractivity contribution in [3.05, 3.63) is 52.3 Å². The summed E-state index contributed by atoms with van der Waals surface area (Å²) in [5.41, 5.74) is 3.98. The molecule has 3 rings (SSSR count). The number of pyridine rings is 1. The van der Waals surface area contributed by atoms with E-state index in [9.17, 15) is 5.26 Å². The van der Waals surface area contributed by atoms with E-state index in [1.165, 1.54) is 11.3 Å². The van der Waals surface area contributed by atoms with Crippen molar-refractivity contribution in [3.63, 3.8) is 0 Å². The molecule has 2 heterocycles. The first kappa shape index (κ1) is 18.4. The minimum absolute atomic E-state index is 0.234. The third-order valence-corrected chi connectivity index (χ3v) is 5.13. The Hall–Kier alpha value is -2.36. The first-order valence-electron chi connectivity index (χ1n) is 9.04. The van der Waals surface area contributed by atoms with Gasteiger partial charge < -0.3 is 19.9 Å². The third kappa shape index (κ3) is 4.24. The Labute approximate surface area is 159 Å². The number of nitriles is 1. The van der Waals surface area contributed by atoms with E-state index >= 15 is 0 Å². The van der Waals surface area contributed by atoms with Gasteiger partial charge in [0.1, 0.15) is 16.3 Å². The monoisotopic (exact) mass is 368 g/mol. The molecule has 1 aliphatic rings. The van der Waals surface area contributed by atoms with E-state index in [4.69, 9.17) is 17.3 Å². The minimum atomic E-state index is 0.234. The summed E-state index contributed by atoms with van der Waals surface area (Å²) in [6.07, 6.45) is 4.56. The van der Waals surface area contributed by atoms with Crippen molar-refractivity contribution in [2.45, 2.75) is 19.3 Å². The topological polar surface area (TPSA) is 66.3 Å². The fourth-order valence-corrected chi connectivity index (χ4v) is 3.63. The smallest absolute Gasteiger partial charge is 0.123 e. The van der Waals surface area contributed by atoms with Crippen molar-refractivity contribution in [2.24, 2.45) is 0 Å². The number of rotatable bonds is 5. The zero-order valence-corrected chi connectivity index (χ0v) is 15.6. The quantitative estimate of drug-likeness (QED) is 0.793. The molecular weight excluding hydrogens is 344 g/mol. The first-order valence-corrected chi connectivity index (χ1v) is 9.45. The van der Waals surface area contributed by atoms with Crippen molar-refractivity contribution >= 4 is 23.6 Å². The summed E-state index contributed by atoms with van der Waals surface area (Å²) in [4.78, 5) is 7.60. The summed E-state index contributed by atoms with van der Waals surface area (Å²) in [6, 6.07) is 12.8. The lowest BCUT2D eigenvalue weighted by Gasteiger charge is -2.25. The molecule has 0 atom stereocenters. The van der Waals surface area contributed by atoms with Crippen LogP contribution in [0.15, 0.2) is 36.5 Å². The van der Waals surface area contributed by atoms with E-state index in [0.717, 1.165) is 51.1 Å². The molecule has 1 aliphatic heterocycles. The molecule has 136 valence electrons. The molecule has 1 aromatic carbocycles. The second kappa shape index (κ2) is 8.84. The lowest BCUT2D eigenvalue weighted by molar-refractivity contribution is 0.288. The largest absolute Gasteiger partial charge is 0.396 e. The zero-order valence-electron chi connectivity index (χ0n) is 14.8. The van der Waals surface area contributed by atoms with Crippen LogP contribution in [0.2, 0.25) is 0 Å². The van der Waals surface area contributed by atoms with Crippen molar-refractivity contribution < 1.29 is 5.11 Å². The van der Waals surface area contributed by atoms with Gasteiger partial charge in [-0.15, -0.1) is 0 Å². The molecule has 5 nitrogen and oxygen atoms in total. The number of hydrogen-bond donors (Lipinski definition) is 2. The van der Waals surface area contributed by atoms with Gasteiger partial charge in [-0.3, -0.25) is 0 Å². The highest BCUT2D eigenvalue weighted by Gasteiger charge is 2.18. The first-order chi connectivity index (χ1) is 12.7. The van der Waals surface area contributed by atoms with Crippen LogP contribution in [-0.2, 0) is 6.42 Å². The SMILES string of the molecule is N#Cc1c(N2CCCN(c3ccc(CCCO)cc3)CC2)cc[nH]c1=S. The van der Waals surface area contributed by atoms with Crippen LogP contribution < -0.4 is 9.80 Å². The van der Waals surface area contributed by atoms with Gasteiger partial charge in [0, 0.05) is 44.7 Å². The standard InChI is InChI=1S/C20H24N4OS/c21-15-18-19(8-9-22-20(18)26)24-11-2-10-23(12-13-24)17-6-4-16(5-7-17)3-1-14-25/h4-9,25H,1-3,10-14H2,(H,22,26). The van der Waals surface area contributed by atoms with E-state index in [0.29, 0.717) is 10.2 Å². The van der Waals surface area contributed by atoms with Crippen LogP contribution in [0.25, 0.3) is 0 Å². The van der Waals surface area contributed by atoms with E-state index in [-0.39, 0.29) is 6.61 Å². The van der Waals surface area contributed by atoms with Gasteiger partial charge in [-0.25, -0.2) is 0 Å². The number of anilines is 2. The maximum Gasteiger partial charge on any atom is 0.123 e. The van der Waals surface area contributed by atoms with Gasteiger partial charge in [-0.2, -0.15) is 5.26 Å². The second-order valence-electron chi connectivity index (χ2n) is 6.50. The van der Waals surface area contributed by atoms with E-state index < -0.39 is 0 Å². The number of H-pyrrole nitrogens is 1. The zero-order chi connectivity index (χ0) is 18.4. The molecule has 1 aromatic heterocycles. The van der Waals surface area contributed by atoms with Gasteiger partial charge >= 0.3 is 0 Å². The number of aromatic amines is 1. The Morgan fingerprint density at radius 3 is 2.54 bits per heavy atom. The molecule has 2 aromatic rings. The normalized spacial score (nSPS) is 14.8. The van der Waals surface area contributed by atoms with E-state index in [1.807, 2.05) is 12.3 Å². The summed E-state index contributed by atoms with van der Waals surface area (Å²) in [5, 5.41) is 18.4. The summed E-state index contributed by atoms with van der Waals surface area (Å²) in [7, 11) is 0. The number of aliphatic hydroxyl groups is 1. The van der Waals surface area contributed by atoms with Crippen molar-refractivity contribution in [1.29, 1.82) is 5.26 Å². The van der Waals surface area contributed by atoms with Gasteiger partial charge in [0.25, 0.3) is 0 Å². The maximum atomic E-state index is 9.43. The Balaban J connectivity index is 1.70. The van der Waals surface area contributed by atoms with E-state index in [2.05, 4.69) is 45.1 Å². The number of benzene rings is 1. The molecule has 2 N–H and O–H groups in total. The highest BCUT2D eigenvalue weighted by Crippen LogP contribution is 2.23. The molecule has 0 spiro atoms. The van der Waals surface area contributed by atoms with Gasteiger partial charge in [0.2, 0.25) is 0 Å². The molecule has 1 fully saturated rings. The number of nitrogens with one attached hydrogen (secondary N) is 1. The number of nitrogens with zero attached hydrogens (tertiary/aromatic N) is 3. The fourth-order valence-electron chi connectivity index (χ4n) is 3.41. The highest BCUT2D eigenvalue weighted by atomic mass is 32.1. The maximum absolute atomic E-state index is 9.43. The van der Waals surface area contributed by atoms with Crippen molar-refractivity contribution in [3.8, 4) is 6.07 Å². The average molecular weight is 369 g/mol. The Morgan fingerprint density at radius 1 is 1.08 bits per heavy atom. The molecule has 0 amide bonds. The summed E-state index contributed by atoms with van der Waals surface area (Å²) < 4.78 is 0.504. The van der Waals surface area contributed by atoms with Crippen LogP contribution in [0, 0.1) is 16.0 Å². The second-order valence-corrected chi connectivity index (χ2v) is 6.91. The molecule has 26 heavy (non-hydrogen) atoms.